The minimum absolute atomic E-state index is 0.206. The van der Waals surface area contributed by atoms with Gasteiger partial charge in [-0.25, -0.2) is 0 Å². The summed E-state index contributed by atoms with van der Waals surface area (Å²) in [6.07, 6.45) is -1.78. The average Bonchev–Trinajstić information content (AvgIpc) is 3.18. The van der Waals surface area contributed by atoms with Crippen LogP contribution in [0.1, 0.15) is 19.0 Å². The normalized spacial score (nSPS) is 19.3. The largest absolute Gasteiger partial charge is 0.401 e. The number of aliphatic imine (C=N–C) groups is 1. The van der Waals surface area contributed by atoms with Crippen LogP contribution in [-0.4, -0.2) is 66.9 Å². The van der Waals surface area contributed by atoms with Gasteiger partial charge in [0.25, 0.3) is 0 Å². The molecule has 1 fully saturated rings. The number of likely N-dealkylation sites (tertiary alicyclic amines) is 1. The van der Waals surface area contributed by atoms with Crippen molar-refractivity contribution in [3.8, 4) is 0 Å². The van der Waals surface area contributed by atoms with E-state index >= 15 is 0 Å². The molecule has 24 heavy (non-hydrogen) atoms. The lowest BCUT2D eigenvalue weighted by Gasteiger charge is -2.26. The molecule has 1 unspecified atom stereocenters. The number of nitrogens with one attached hydrogen (secondary N) is 1. The Morgan fingerprint density at radius 2 is 2.33 bits per heavy atom. The summed E-state index contributed by atoms with van der Waals surface area (Å²) in [5.41, 5.74) is 0.772. The van der Waals surface area contributed by atoms with Gasteiger partial charge in [0.1, 0.15) is 12.0 Å². The van der Waals surface area contributed by atoms with Gasteiger partial charge in [0, 0.05) is 32.7 Å². The summed E-state index contributed by atoms with van der Waals surface area (Å²) in [6, 6.07) is 1.77. The Morgan fingerprint density at radius 1 is 1.54 bits per heavy atom. The molecule has 1 N–H and O–H groups in total. The topological polar surface area (TPSA) is 56.9 Å². The molecule has 1 aliphatic rings. The van der Waals surface area contributed by atoms with E-state index in [0.717, 1.165) is 24.6 Å². The van der Waals surface area contributed by atoms with Crippen molar-refractivity contribution >= 4 is 5.96 Å². The molecular formula is C15H24F3N5O. The lowest BCUT2D eigenvalue weighted by atomic mass is 10.1. The van der Waals surface area contributed by atoms with Gasteiger partial charge in [-0.1, -0.05) is 12.1 Å². The van der Waals surface area contributed by atoms with Crippen molar-refractivity contribution in [3.63, 3.8) is 0 Å². The van der Waals surface area contributed by atoms with E-state index in [1.54, 1.807) is 20.0 Å². The van der Waals surface area contributed by atoms with Gasteiger partial charge in [-0.15, -0.1) is 0 Å². The van der Waals surface area contributed by atoms with Crippen LogP contribution >= 0.6 is 0 Å². The standard InChI is InChI=1S/C15H24F3N5O/c1-3-22(11-15(16,17)18)9-12-4-6-23(10-12)14(19-2)20-8-13-5-7-24-21-13/h5,7,12H,3-4,6,8-11H2,1-2H3,(H,19,20). The molecule has 1 atom stereocenters. The molecule has 0 spiro atoms. The first-order valence-electron chi connectivity index (χ1n) is 8.05. The van der Waals surface area contributed by atoms with E-state index in [4.69, 9.17) is 4.52 Å². The van der Waals surface area contributed by atoms with Crippen LogP contribution in [0.3, 0.4) is 0 Å². The van der Waals surface area contributed by atoms with Crippen molar-refractivity contribution < 1.29 is 17.7 Å². The zero-order valence-electron chi connectivity index (χ0n) is 14.0. The van der Waals surface area contributed by atoms with Gasteiger partial charge in [-0.2, -0.15) is 13.2 Å². The van der Waals surface area contributed by atoms with Crippen LogP contribution in [0.2, 0.25) is 0 Å². The highest BCUT2D eigenvalue weighted by atomic mass is 19.4. The lowest BCUT2D eigenvalue weighted by Crippen LogP contribution is -2.41. The number of aromatic nitrogens is 1. The zero-order valence-corrected chi connectivity index (χ0v) is 14.0. The molecule has 0 saturated carbocycles. The van der Waals surface area contributed by atoms with Crippen LogP contribution in [0, 0.1) is 5.92 Å². The fraction of sp³-hybridized carbons (Fsp3) is 0.733. The quantitative estimate of drug-likeness (QED) is 0.630. The number of hydrogen-bond donors (Lipinski definition) is 1. The van der Waals surface area contributed by atoms with Crippen molar-refractivity contribution in [1.29, 1.82) is 0 Å². The van der Waals surface area contributed by atoms with Crippen LogP contribution in [0.15, 0.2) is 21.8 Å². The Balaban J connectivity index is 1.82. The van der Waals surface area contributed by atoms with E-state index in [-0.39, 0.29) is 5.92 Å². The van der Waals surface area contributed by atoms with Crippen molar-refractivity contribution in [2.75, 3.05) is 39.8 Å². The lowest BCUT2D eigenvalue weighted by molar-refractivity contribution is -0.146. The minimum atomic E-state index is -4.15. The second-order valence-electron chi connectivity index (χ2n) is 5.94. The molecule has 1 aromatic rings. The molecule has 1 saturated heterocycles. The van der Waals surface area contributed by atoms with Crippen LogP contribution < -0.4 is 5.32 Å². The number of rotatable bonds is 6. The van der Waals surface area contributed by atoms with Gasteiger partial charge in [0.15, 0.2) is 5.96 Å². The molecule has 2 rings (SSSR count). The van der Waals surface area contributed by atoms with E-state index in [2.05, 4.69) is 20.4 Å². The second kappa shape index (κ2) is 8.36. The smallest absolute Gasteiger partial charge is 0.364 e. The van der Waals surface area contributed by atoms with Crippen LogP contribution in [0.25, 0.3) is 0 Å². The highest BCUT2D eigenvalue weighted by Gasteiger charge is 2.32. The van der Waals surface area contributed by atoms with Crippen molar-refractivity contribution in [1.82, 2.24) is 20.3 Å². The summed E-state index contributed by atoms with van der Waals surface area (Å²) in [4.78, 5) is 7.78. The highest BCUT2D eigenvalue weighted by Crippen LogP contribution is 2.21. The van der Waals surface area contributed by atoms with Crippen molar-refractivity contribution in [2.24, 2.45) is 10.9 Å². The van der Waals surface area contributed by atoms with Gasteiger partial charge in [0.2, 0.25) is 0 Å². The van der Waals surface area contributed by atoms with Gasteiger partial charge in [-0.3, -0.25) is 9.89 Å². The summed E-state index contributed by atoms with van der Waals surface area (Å²) >= 11 is 0. The summed E-state index contributed by atoms with van der Waals surface area (Å²) < 4.78 is 42.5. The summed E-state index contributed by atoms with van der Waals surface area (Å²) in [7, 11) is 1.69. The van der Waals surface area contributed by atoms with Gasteiger partial charge >= 0.3 is 6.18 Å². The van der Waals surface area contributed by atoms with Gasteiger partial charge < -0.3 is 14.7 Å². The molecule has 136 valence electrons. The van der Waals surface area contributed by atoms with E-state index in [9.17, 15) is 13.2 Å². The van der Waals surface area contributed by atoms with Crippen molar-refractivity contribution in [3.05, 3.63) is 18.0 Å². The van der Waals surface area contributed by atoms with Crippen LogP contribution in [0.5, 0.6) is 0 Å². The maximum atomic E-state index is 12.6. The van der Waals surface area contributed by atoms with Crippen LogP contribution in [0.4, 0.5) is 13.2 Å². The Kier molecular flexibility index (Phi) is 6.47. The highest BCUT2D eigenvalue weighted by molar-refractivity contribution is 5.80. The first-order valence-corrected chi connectivity index (χ1v) is 8.05. The number of nitrogens with zero attached hydrogens (tertiary/aromatic N) is 4. The van der Waals surface area contributed by atoms with E-state index in [1.807, 2.05) is 0 Å². The molecule has 0 aromatic carbocycles. The van der Waals surface area contributed by atoms with Crippen molar-refractivity contribution in [2.45, 2.75) is 26.1 Å². The fourth-order valence-corrected chi connectivity index (χ4v) is 2.93. The first-order chi connectivity index (χ1) is 11.4. The Labute approximate surface area is 139 Å². The number of hydrogen-bond acceptors (Lipinski definition) is 4. The molecule has 0 amide bonds. The number of guanidine groups is 1. The third kappa shape index (κ3) is 5.70. The molecule has 0 bridgehead atoms. The van der Waals surface area contributed by atoms with E-state index in [0.29, 0.717) is 26.2 Å². The third-order valence-electron chi connectivity index (χ3n) is 4.08. The predicted molar refractivity (Wildman–Crippen MR) is 84.6 cm³/mol. The van der Waals surface area contributed by atoms with Crippen LogP contribution in [-0.2, 0) is 6.54 Å². The third-order valence-corrected chi connectivity index (χ3v) is 4.08. The summed E-state index contributed by atoms with van der Waals surface area (Å²) in [5, 5.41) is 7.02. The molecular weight excluding hydrogens is 323 g/mol. The molecule has 1 aromatic heterocycles. The molecule has 1 aliphatic heterocycles. The minimum Gasteiger partial charge on any atom is -0.364 e. The molecule has 2 heterocycles. The average molecular weight is 347 g/mol. The Morgan fingerprint density at radius 3 is 2.92 bits per heavy atom. The summed E-state index contributed by atoms with van der Waals surface area (Å²) in [6.45, 7) is 3.75. The Hall–Kier alpha value is -1.77. The van der Waals surface area contributed by atoms with E-state index in [1.165, 1.54) is 11.2 Å². The first kappa shape index (κ1) is 18.6. The SMILES string of the molecule is CCN(CC1CCN(C(=NC)NCc2ccon2)C1)CC(F)(F)F. The zero-order chi connectivity index (χ0) is 17.6. The number of alkyl halides is 3. The predicted octanol–water partition coefficient (Wildman–Crippen LogP) is 1.96. The second-order valence-corrected chi connectivity index (χ2v) is 5.94. The molecule has 0 aliphatic carbocycles. The maximum absolute atomic E-state index is 12.6. The number of halogens is 3. The summed E-state index contributed by atoms with van der Waals surface area (Å²) in [5.74, 6) is 0.942. The monoisotopic (exact) mass is 347 g/mol. The van der Waals surface area contributed by atoms with Gasteiger partial charge in [0.05, 0.1) is 13.1 Å². The molecule has 0 radical (unpaired) electrons. The molecule has 9 heteroatoms. The van der Waals surface area contributed by atoms with Gasteiger partial charge in [-0.05, 0) is 18.9 Å². The maximum Gasteiger partial charge on any atom is 0.401 e. The fourth-order valence-electron chi connectivity index (χ4n) is 2.93. The molecule has 6 nitrogen and oxygen atoms in total. The van der Waals surface area contributed by atoms with E-state index < -0.39 is 12.7 Å². The Bertz CT molecular complexity index is 518.